The molecule has 1 fully saturated rings. The number of benzene rings is 3. The van der Waals surface area contributed by atoms with Gasteiger partial charge in [-0.15, -0.1) is 0 Å². The van der Waals surface area contributed by atoms with Crippen LogP contribution in [0.5, 0.6) is 5.75 Å². The lowest BCUT2D eigenvalue weighted by Crippen LogP contribution is -2.52. The van der Waals surface area contributed by atoms with Gasteiger partial charge in [-0.2, -0.15) is 5.10 Å². The van der Waals surface area contributed by atoms with E-state index in [1.807, 2.05) is 29.2 Å². The molecule has 1 N–H and O–H groups in total. The van der Waals surface area contributed by atoms with E-state index in [1.54, 1.807) is 7.11 Å². The first-order valence-electron chi connectivity index (χ1n) is 11.3. The molecule has 1 unspecified atom stereocenters. The highest BCUT2D eigenvalue weighted by Crippen LogP contribution is 2.29. The van der Waals surface area contributed by atoms with E-state index in [1.165, 1.54) is 11.1 Å². The number of carbonyl (C=O) groups excluding carboxylic acids is 1. The fraction of sp³-hybridized carbons (Fsp3) is 0.259. The number of fused-ring (bicyclic) bond motifs is 1. The van der Waals surface area contributed by atoms with E-state index in [-0.39, 0.29) is 12.1 Å². The second-order valence-corrected chi connectivity index (χ2v) is 8.47. The number of nitrogens with zero attached hydrogens (tertiary/aromatic N) is 3. The van der Waals surface area contributed by atoms with Crippen LogP contribution in [0.25, 0.3) is 0 Å². The fourth-order valence-corrected chi connectivity index (χ4v) is 4.59. The lowest BCUT2D eigenvalue weighted by Gasteiger charge is -2.41. The zero-order valence-electron chi connectivity index (χ0n) is 19.0. The number of methoxy groups -OCH3 is 1. The number of para-hydroxylation sites is 1. The maximum Gasteiger partial charge on any atom is 0.257 e. The molecule has 0 aromatic heterocycles. The van der Waals surface area contributed by atoms with Gasteiger partial charge in [0.15, 0.2) is 0 Å². The Bertz CT molecular complexity index is 1180. The van der Waals surface area contributed by atoms with Crippen LogP contribution >= 0.6 is 0 Å². The normalized spacial score (nSPS) is 18.2. The first-order valence-corrected chi connectivity index (χ1v) is 11.3. The molecule has 2 aliphatic rings. The lowest BCUT2D eigenvalue weighted by atomic mass is 9.94. The van der Waals surface area contributed by atoms with Gasteiger partial charge in [-0.3, -0.25) is 15.1 Å². The summed E-state index contributed by atoms with van der Waals surface area (Å²) in [6.45, 7) is 4.94. The van der Waals surface area contributed by atoms with Crippen LogP contribution in [0, 0.1) is 6.92 Å². The van der Waals surface area contributed by atoms with Gasteiger partial charge in [-0.1, -0.05) is 66.2 Å². The van der Waals surface area contributed by atoms with Crippen LogP contribution in [0.1, 0.15) is 38.8 Å². The third-order valence-electron chi connectivity index (χ3n) is 6.44. The molecule has 2 aliphatic heterocycles. The van der Waals surface area contributed by atoms with E-state index in [4.69, 9.17) is 9.84 Å². The molecule has 33 heavy (non-hydrogen) atoms. The minimum atomic E-state index is -0.0149. The molecule has 1 amide bonds. The topological polar surface area (TPSA) is 57.2 Å². The van der Waals surface area contributed by atoms with E-state index >= 15 is 0 Å². The number of amides is 1. The second kappa shape index (κ2) is 9.08. The summed E-state index contributed by atoms with van der Waals surface area (Å²) < 4.78 is 5.38. The largest absolute Gasteiger partial charge is 0.496 e. The summed E-state index contributed by atoms with van der Waals surface area (Å²) in [6, 6.07) is 24.3. The Morgan fingerprint density at radius 1 is 0.939 bits per heavy atom. The zero-order chi connectivity index (χ0) is 22.8. The monoisotopic (exact) mass is 440 g/mol. The molecular formula is C27H28N4O2. The molecule has 0 saturated carbocycles. The molecule has 1 saturated heterocycles. The number of ether oxygens (including phenoxy) is 1. The van der Waals surface area contributed by atoms with Gasteiger partial charge in [0.1, 0.15) is 11.9 Å². The highest BCUT2D eigenvalue weighted by Gasteiger charge is 2.32. The second-order valence-electron chi connectivity index (χ2n) is 8.47. The van der Waals surface area contributed by atoms with Crippen molar-refractivity contribution in [2.75, 3.05) is 33.3 Å². The van der Waals surface area contributed by atoms with Crippen molar-refractivity contribution < 1.29 is 9.53 Å². The van der Waals surface area contributed by atoms with Crippen molar-refractivity contribution in [3.05, 3.63) is 101 Å². The molecule has 0 radical (unpaired) electrons. The zero-order valence-corrected chi connectivity index (χ0v) is 19.0. The Kier molecular flexibility index (Phi) is 5.84. The summed E-state index contributed by atoms with van der Waals surface area (Å²) >= 11 is 0. The van der Waals surface area contributed by atoms with Crippen LogP contribution in [0.2, 0.25) is 0 Å². The Hall–Kier alpha value is -3.64. The van der Waals surface area contributed by atoms with Crippen molar-refractivity contribution in [2.45, 2.75) is 13.1 Å². The van der Waals surface area contributed by atoms with E-state index in [0.29, 0.717) is 24.4 Å². The van der Waals surface area contributed by atoms with Gasteiger partial charge in [0.2, 0.25) is 0 Å². The van der Waals surface area contributed by atoms with Gasteiger partial charge < -0.3 is 9.64 Å². The lowest BCUT2D eigenvalue weighted by molar-refractivity contribution is 0.0522. The maximum atomic E-state index is 13.1. The highest BCUT2D eigenvalue weighted by molar-refractivity contribution is 6.14. The Balaban J connectivity index is 1.32. The third kappa shape index (κ3) is 4.10. The van der Waals surface area contributed by atoms with E-state index in [2.05, 4.69) is 65.8 Å². The molecule has 168 valence electrons. The molecule has 5 rings (SSSR count). The summed E-state index contributed by atoms with van der Waals surface area (Å²) in [7, 11) is 1.60. The maximum absolute atomic E-state index is 13.1. The van der Waals surface area contributed by atoms with E-state index < -0.39 is 0 Å². The molecule has 0 bridgehead atoms. The average Bonchev–Trinajstić information content (AvgIpc) is 2.88. The predicted octanol–water partition coefficient (Wildman–Crippen LogP) is 3.82. The summed E-state index contributed by atoms with van der Waals surface area (Å²) in [4.78, 5) is 17.3. The minimum Gasteiger partial charge on any atom is -0.496 e. The van der Waals surface area contributed by atoms with Crippen molar-refractivity contribution >= 4 is 11.6 Å². The van der Waals surface area contributed by atoms with Crippen LogP contribution in [0.4, 0.5) is 0 Å². The predicted molar refractivity (Wildman–Crippen MR) is 130 cm³/mol. The van der Waals surface area contributed by atoms with E-state index in [9.17, 15) is 4.79 Å². The van der Waals surface area contributed by atoms with Gasteiger partial charge >= 0.3 is 0 Å². The summed E-state index contributed by atoms with van der Waals surface area (Å²) in [5.41, 5.74) is 9.67. The quantitative estimate of drug-likeness (QED) is 0.670. The molecule has 3 aromatic carbocycles. The molecule has 1 atom stereocenters. The van der Waals surface area contributed by atoms with Crippen molar-refractivity contribution in [2.24, 2.45) is 5.10 Å². The summed E-state index contributed by atoms with van der Waals surface area (Å²) in [5.74, 6) is 0.634. The number of hydrazone groups is 1. The Morgan fingerprint density at radius 3 is 2.39 bits per heavy atom. The Morgan fingerprint density at radius 2 is 1.64 bits per heavy atom. The SMILES string of the molecule is COc1ccccc1C(=O)N1CCN(C2NN=C(c3ccc(C)cc3)c3ccccc32)CC1. The molecule has 6 nitrogen and oxygen atoms in total. The summed E-state index contributed by atoms with van der Waals surface area (Å²) in [6.07, 6.45) is -0.0149. The number of aryl methyl sites for hydroxylation is 1. The van der Waals surface area contributed by atoms with Crippen LogP contribution in [0.15, 0.2) is 77.9 Å². The number of nitrogens with one attached hydrogen (secondary N) is 1. The fourth-order valence-electron chi connectivity index (χ4n) is 4.59. The van der Waals surface area contributed by atoms with Crippen molar-refractivity contribution in [3.8, 4) is 5.75 Å². The average molecular weight is 441 g/mol. The van der Waals surface area contributed by atoms with Crippen molar-refractivity contribution in [3.63, 3.8) is 0 Å². The number of rotatable bonds is 4. The van der Waals surface area contributed by atoms with Gasteiger partial charge in [0, 0.05) is 37.3 Å². The van der Waals surface area contributed by atoms with E-state index in [0.717, 1.165) is 29.9 Å². The van der Waals surface area contributed by atoms with Crippen LogP contribution < -0.4 is 10.2 Å². The van der Waals surface area contributed by atoms with Gasteiger partial charge in [-0.05, 0) is 24.6 Å². The standard InChI is InChI=1S/C27H28N4O2/c1-19-11-13-20(14-12-19)25-21-7-3-4-8-22(21)26(29-28-25)30-15-17-31(18-16-30)27(32)23-9-5-6-10-24(23)33-2/h3-14,26,29H,15-18H2,1-2H3. The number of hydrogen-bond donors (Lipinski definition) is 1. The van der Waals surface area contributed by atoms with Crippen LogP contribution in [-0.4, -0.2) is 54.7 Å². The number of carbonyl (C=O) groups is 1. The van der Waals surface area contributed by atoms with Crippen molar-refractivity contribution in [1.29, 1.82) is 0 Å². The summed E-state index contributed by atoms with van der Waals surface area (Å²) in [5, 5.41) is 4.78. The first kappa shape index (κ1) is 21.2. The molecule has 6 heteroatoms. The van der Waals surface area contributed by atoms with Gasteiger partial charge in [0.25, 0.3) is 5.91 Å². The van der Waals surface area contributed by atoms with Gasteiger partial charge in [0.05, 0.1) is 18.4 Å². The molecule has 3 aromatic rings. The molecular weight excluding hydrogens is 412 g/mol. The third-order valence-corrected chi connectivity index (χ3v) is 6.44. The van der Waals surface area contributed by atoms with Crippen molar-refractivity contribution in [1.82, 2.24) is 15.2 Å². The molecule has 2 heterocycles. The molecule has 0 aliphatic carbocycles. The first-order chi connectivity index (χ1) is 16.2. The minimum absolute atomic E-state index is 0.0149. The van der Waals surface area contributed by atoms with Gasteiger partial charge in [-0.25, -0.2) is 0 Å². The highest BCUT2D eigenvalue weighted by atomic mass is 16.5. The Labute approximate surface area is 194 Å². The smallest absolute Gasteiger partial charge is 0.257 e. The number of piperazine rings is 1. The number of hydrogen-bond acceptors (Lipinski definition) is 5. The van der Waals surface area contributed by atoms with Crippen LogP contribution in [-0.2, 0) is 0 Å². The molecule has 0 spiro atoms. The van der Waals surface area contributed by atoms with Crippen LogP contribution in [0.3, 0.4) is 0 Å².